The number of esters is 2. The molecule has 0 saturated heterocycles. The van der Waals surface area contributed by atoms with Crippen LogP contribution >= 0.6 is 0 Å². The second-order valence-electron chi connectivity index (χ2n) is 6.70. The second-order valence-corrected chi connectivity index (χ2v) is 6.70. The summed E-state index contributed by atoms with van der Waals surface area (Å²) in [5, 5.41) is 8.45. The van der Waals surface area contributed by atoms with E-state index < -0.39 is 36.5 Å². The number of aliphatic carboxylic acids is 1. The van der Waals surface area contributed by atoms with Gasteiger partial charge in [-0.3, -0.25) is 14.4 Å². The Balaban J connectivity index is 3.81. The first-order valence-electron chi connectivity index (χ1n) is 10.9. The van der Waals surface area contributed by atoms with E-state index in [9.17, 15) is 19.2 Å². The molecule has 6 nitrogen and oxygen atoms in total. The molecule has 0 aliphatic carbocycles. The fraction of sp³-hybridized carbons (Fsp3) is 0.385. The van der Waals surface area contributed by atoms with Crippen LogP contribution in [0, 0.1) is 0 Å². The molecule has 0 atom stereocenters. The number of hydrogen-bond donors (Lipinski definition) is 1. The standard InChI is InChI=1S/C26H34O6/c1-2-3-4-5-6-7-8-9-10-11-12-13-14-15-16-17-18-19-20-25(30)32-26(31)23(27)21-22-24(28)29/h3-4,6-7,9-10,12-13,15-16,18-19H,2,5,8,11,14,17,20-22H2,1H3,(H,28,29). The van der Waals surface area contributed by atoms with E-state index in [4.69, 9.17) is 5.11 Å². The van der Waals surface area contributed by atoms with Crippen LogP contribution in [0.3, 0.4) is 0 Å². The number of carbonyl (C=O) groups is 4. The lowest BCUT2D eigenvalue weighted by Gasteiger charge is -1.99. The molecule has 0 aromatic rings. The summed E-state index contributed by atoms with van der Waals surface area (Å²) in [7, 11) is 0. The molecule has 0 aliphatic heterocycles. The minimum Gasteiger partial charge on any atom is -0.481 e. The first-order chi connectivity index (χ1) is 15.5. The number of allylic oxidation sites excluding steroid dienone is 11. The molecule has 0 amide bonds. The number of carboxylic acid groups (broad SMARTS) is 1. The van der Waals surface area contributed by atoms with Crippen LogP contribution in [0.25, 0.3) is 0 Å². The maximum Gasteiger partial charge on any atom is 0.382 e. The van der Waals surface area contributed by atoms with Crippen molar-refractivity contribution in [3.63, 3.8) is 0 Å². The molecule has 0 rings (SSSR count). The molecule has 174 valence electrons. The third-order valence-electron chi connectivity index (χ3n) is 3.88. The van der Waals surface area contributed by atoms with E-state index in [2.05, 4.69) is 60.3 Å². The van der Waals surface area contributed by atoms with Crippen LogP contribution in [0.1, 0.15) is 64.7 Å². The van der Waals surface area contributed by atoms with Crippen molar-refractivity contribution in [1.82, 2.24) is 0 Å². The van der Waals surface area contributed by atoms with Gasteiger partial charge in [0.1, 0.15) is 0 Å². The van der Waals surface area contributed by atoms with Crippen LogP contribution in [0.5, 0.6) is 0 Å². The van der Waals surface area contributed by atoms with E-state index in [1.54, 1.807) is 12.2 Å². The molecule has 0 bridgehead atoms. The Kier molecular flexibility index (Phi) is 18.8. The van der Waals surface area contributed by atoms with Crippen molar-refractivity contribution in [2.24, 2.45) is 0 Å². The lowest BCUT2D eigenvalue weighted by Crippen LogP contribution is -2.21. The van der Waals surface area contributed by atoms with Crippen molar-refractivity contribution in [1.29, 1.82) is 0 Å². The van der Waals surface area contributed by atoms with Gasteiger partial charge in [-0.25, -0.2) is 4.79 Å². The highest BCUT2D eigenvalue weighted by Gasteiger charge is 2.19. The lowest BCUT2D eigenvalue weighted by atomic mass is 10.2. The summed E-state index contributed by atoms with van der Waals surface area (Å²) in [6, 6.07) is 0. The minimum atomic E-state index is -1.32. The van der Waals surface area contributed by atoms with Gasteiger partial charge in [0, 0.05) is 6.42 Å². The molecule has 0 aromatic carbocycles. The minimum absolute atomic E-state index is 0.136. The average Bonchev–Trinajstić information content (AvgIpc) is 2.76. The van der Waals surface area contributed by atoms with Crippen LogP contribution in [0.4, 0.5) is 0 Å². The van der Waals surface area contributed by atoms with E-state index in [1.165, 1.54) is 0 Å². The van der Waals surface area contributed by atoms with Gasteiger partial charge in [-0.05, 0) is 38.5 Å². The van der Waals surface area contributed by atoms with Gasteiger partial charge in [-0.2, -0.15) is 0 Å². The Morgan fingerprint density at radius 1 is 0.625 bits per heavy atom. The van der Waals surface area contributed by atoms with Crippen molar-refractivity contribution in [2.45, 2.75) is 64.7 Å². The third kappa shape index (κ3) is 20.0. The normalized spacial score (nSPS) is 12.3. The molecule has 0 spiro atoms. The third-order valence-corrected chi connectivity index (χ3v) is 3.88. The smallest absolute Gasteiger partial charge is 0.382 e. The summed E-state index contributed by atoms with van der Waals surface area (Å²) in [5.74, 6) is -4.39. The average molecular weight is 443 g/mol. The second kappa shape index (κ2) is 21.0. The van der Waals surface area contributed by atoms with Crippen molar-refractivity contribution >= 4 is 23.7 Å². The first-order valence-corrected chi connectivity index (χ1v) is 10.9. The predicted molar refractivity (Wildman–Crippen MR) is 126 cm³/mol. The SMILES string of the molecule is CCC=CCC=CCC=CCC=CCC=CCC=CCC(=O)OC(=O)C(=O)CCC(=O)O. The number of ether oxygens (including phenoxy) is 1. The van der Waals surface area contributed by atoms with E-state index in [-0.39, 0.29) is 6.42 Å². The van der Waals surface area contributed by atoms with E-state index in [0.29, 0.717) is 6.42 Å². The van der Waals surface area contributed by atoms with E-state index >= 15 is 0 Å². The van der Waals surface area contributed by atoms with Gasteiger partial charge in [0.05, 0.1) is 12.8 Å². The van der Waals surface area contributed by atoms with Crippen LogP contribution in [-0.4, -0.2) is 28.8 Å². The monoisotopic (exact) mass is 442 g/mol. The molecule has 32 heavy (non-hydrogen) atoms. The molecule has 6 heteroatoms. The Hall–Kier alpha value is -3.28. The van der Waals surface area contributed by atoms with Gasteiger partial charge in [-0.1, -0.05) is 79.8 Å². The van der Waals surface area contributed by atoms with Crippen molar-refractivity contribution in [3.05, 3.63) is 72.9 Å². The summed E-state index contributed by atoms with van der Waals surface area (Å²) in [6.07, 6.45) is 28.7. The first kappa shape index (κ1) is 28.7. The van der Waals surface area contributed by atoms with E-state index in [0.717, 1.165) is 32.1 Å². The zero-order valence-electron chi connectivity index (χ0n) is 18.8. The number of Topliss-reactive ketones (excluding diaryl/α,β-unsaturated/α-hetero) is 1. The van der Waals surface area contributed by atoms with Crippen LogP contribution in [0.2, 0.25) is 0 Å². The summed E-state index contributed by atoms with van der Waals surface area (Å²) in [6.45, 7) is 2.12. The van der Waals surface area contributed by atoms with Gasteiger partial charge in [-0.15, -0.1) is 0 Å². The molecular formula is C26H34O6. The Bertz CT molecular complexity index is 750. The fourth-order valence-electron chi connectivity index (χ4n) is 2.23. The summed E-state index contributed by atoms with van der Waals surface area (Å²) in [5.41, 5.74) is 0. The number of hydrogen-bond acceptors (Lipinski definition) is 5. The highest BCUT2D eigenvalue weighted by Crippen LogP contribution is 1.99. The maximum atomic E-state index is 11.5. The number of carbonyl (C=O) groups excluding carboxylic acids is 3. The van der Waals surface area contributed by atoms with Gasteiger partial charge in [0.25, 0.3) is 0 Å². The maximum absolute atomic E-state index is 11.5. The van der Waals surface area contributed by atoms with E-state index in [1.807, 2.05) is 12.2 Å². The van der Waals surface area contributed by atoms with Crippen molar-refractivity contribution < 1.29 is 29.0 Å². The largest absolute Gasteiger partial charge is 0.481 e. The molecule has 0 heterocycles. The molecule has 0 aliphatic rings. The Morgan fingerprint density at radius 2 is 1.03 bits per heavy atom. The van der Waals surface area contributed by atoms with Crippen LogP contribution in [0.15, 0.2) is 72.9 Å². The predicted octanol–water partition coefficient (Wildman–Crippen LogP) is 5.58. The quantitative estimate of drug-likeness (QED) is 0.137. The Labute approximate surface area is 190 Å². The molecule has 0 aromatic heterocycles. The van der Waals surface area contributed by atoms with Crippen molar-refractivity contribution in [2.75, 3.05) is 0 Å². The lowest BCUT2D eigenvalue weighted by molar-refractivity contribution is -0.163. The van der Waals surface area contributed by atoms with Crippen LogP contribution in [-0.2, 0) is 23.9 Å². The molecule has 0 radical (unpaired) electrons. The van der Waals surface area contributed by atoms with Gasteiger partial charge >= 0.3 is 17.9 Å². The number of rotatable bonds is 17. The number of ketones is 1. The fourth-order valence-corrected chi connectivity index (χ4v) is 2.23. The number of carboxylic acids is 1. The summed E-state index contributed by atoms with van der Waals surface area (Å²) in [4.78, 5) is 44.4. The van der Waals surface area contributed by atoms with Crippen molar-refractivity contribution in [3.8, 4) is 0 Å². The highest BCUT2D eigenvalue weighted by molar-refractivity contribution is 6.35. The zero-order valence-corrected chi connectivity index (χ0v) is 18.8. The van der Waals surface area contributed by atoms with Gasteiger partial charge in [0.2, 0.25) is 5.78 Å². The van der Waals surface area contributed by atoms with Gasteiger partial charge < -0.3 is 9.84 Å². The Morgan fingerprint density at radius 3 is 1.44 bits per heavy atom. The molecule has 0 fully saturated rings. The molecule has 1 N–H and O–H groups in total. The van der Waals surface area contributed by atoms with Gasteiger partial charge in [0.15, 0.2) is 0 Å². The topological polar surface area (TPSA) is 97.7 Å². The highest BCUT2D eigenvalue weighted by atomic mass is 16.6. The zero-order chi connectivity index (χ0) is 23.9. The summed E-state index contributed by atoms with van der Waals surface area (Å²) < 4.78 is 4.37. The molecule has 0 unspecified atom stereocenters. The van der Waals surface area contributed by atoms with Crippen LogP contribution < -0.4 is 0 Å². The molecular weight excluding hydrogens is 408 g/mol. The summed E-state index contributed by atoms with van der Waals surface area (Å²) >= 11 is 0. The molecule has 0 saturated carbocycles.